The summed E-state index contributed by atoms with van der Waals surface area (Å²) >= 11 is 5.43. The summed E-state index contributed by atoms with van der Waals surface area (Å²) in [5.41, 5.74) is 0.655. The molecule has 0 aliphatic heterocycles. The molecule has 80 valence electrons. The first-order chi connectivity index (χ1) is 7.16. The first-order valence-corrected chi connectivity index (χ1v) is 5.33. The topological polar surface area (TPSA) is 29.1 Å². The number of carbonyl (C=O) groups is 1. The minimum Gasteiger partial charge on any atom is -0.346 e. The molecule has 4 heteroatoms. The average Bonchev–Trinajstić information content (AvgIpc) is 3.00. The zero-order valence-corrected chi connectivity index (χ0v) is 8.85. The van der Waals surface area contributed by atoms with Gasteiger partial charge in [0.05, 0.1) is 5.54 Å². The Bertz CT molecular complexity index is 373. The van der Waals surface area contributed by atoms with Gasteiger partial charge in [-0.25, -0.2) is 4.39 Å². The molecule has 0 heterocycles. The highest BCUT2D eigenvalue weighted by Crippen LogP contribution is 2.45. The Morgan fingerprint density at radius 2 is 2.00 bits per heavy atom. The second-order valence-corrected chi connectivity index (χ2v) is 4.04. The third-order valence-electron chi connectivity index (χ3n) is 2.65. The van der Waals surface area contributed by atoms with Crippen LogP contribution in [0.25, 0.3) is 0 Å². The van der Waals surface area contributed by atoms with Gasteiger partial charge in [-0.2, -0.15) is 0 Å². The Labute approximate surface area is 92.4 Å². The summed E-state index contributed by atoms with van der Waals surface area (Å²) in [4.78, 5) is 11.2. The summed E-state index contributed by atoms with van der Waals surface area (Å²) in [5.74, 6) is -0.486. The molecule has 1 fully saturated rings. The number of benzene rings is 1. The van der Waals surface area contributed by atoms with Gasteiger partial charge in [-0.05, 0) is 30.5 Å². The van der Waals surface area contributed by atoms with E-state index in [0.29, 0.717) is 0 Å². The van der Waals surface area contributed by atoms with E-state index in [4.69, 9.17) is 11.6 Å². The molecule has 1 saturated carbocycles. The van der Waals surface area contributed by atoms with E-state index in [0.717, 1.165) is 18.4 Å². The first kappa shape index (κ1) is 10.4. The smallest absolute Gasteiger partial charge is 0.235 e. The maximum absolute atomic E-state index is 12.7. The predicted molar refractivity (Wildman–Crippen MR) is 56.2 cm³/mol. The van der Waals surface area contributed by atoms with Crippen molar-refractivity contribution in [1.82, 2.24) is 5.32 Å². The SMILES string of the molecule is O=C(CCl)NC1(c2ccc(F)cc2)CC1. The van der Waals surface area contributed by atoms with Crippen LogP contribution in [0.5, 0.6) is 0 Å². The molecule has 0 radical (unpaired) electrons. The van der Waals surface area contributed by atoms with Gasteiger partial charge in [-0.3, -0.25) is 4.79 Å². The van der Waals surface area contributed by atoms with Crippen molar-refractivity contribution in [2.45, 2.75) is 18.4 Å². The van der Waals surface area contributed by atoms with E-state index in [1.165, 1.54) is 12.1 Å². The van der Waals surface area contributed by atoms with E-state index in [9.17, 15) is 9.18 Å². The fourth-order valence-electron chi connectivity index (χ4n) is 1.68. The fraction of sp³-hybridized carbons (Fsp3) is 0.364. The summed E-state index contributed by atoms with van der Waals surface area (Å²) < 4.78 is 12.7. The minimum absolute atomic E-state index is 0.0387. The lowest BCUT2D eigenvalue weighted by molar-refractivity contribution is -0.119. The molecule has 1 N–H and O–H groups in total. The van der Waals surface area contributed by atoms with E-state index in [-0.39, 0.29) is 23.1 Å². The third-order valence-corrected chi connectivity index (χ3v) is 2.89. The Morgan fingerprint density at radius 3 is 2.47 bits per heavy atom. The van der Waals surface area contributed by atoms with Gasteiger partial charge < -0.3 is 5.32 Å². The lowest BCUT2D eigenvalue weighted by Gasteiger charge is -2.17. The van der Waals surface area contributed by atoms with Gasteiger partial charge in [0.25, 0.3) is 0 Å². The van der Waals surface area contributed by atoms with Crippen molar-refractivity contribution in [3.05, 3.63) is 35.6 Å². The van der Waals surface area contributed by atoms with Crippen molar-refractivity contribution in [1.29, 1.82) is 0 Å². The van der Waals surface area contributed by atoms with Gasteiger partial charge in [-0.1, -0.05) is 12.1 Å². The number of nitrogens with one attached hydrogen (secondary N) is 1. The molecule has 1 aliphatic carbocycles. The average molecular weight is 228 g/mol. The summed E-state index contributed by atoms with van der Waals surface area (Å²) in [7, 11) is 0. The minimum atomic E-state index is -0.292. The monoisotopic (exact) mass is 227 g/mol. The summed E-state index contributed by atoms with van der Waals surface area (Å²) in [5, 5.41) is 2.86. The van der Waals surface area contributed by atoms with E-state index in [1.54, 1.807) is 12.1 Å². The molecular formula is C11H11ClFNO. The second-order valence-electron chi connectivity index (χ2n) is 3.77. The number of alkyl halides is 1. The highest BCUT2D eigenvalue weighted by atomic mass is 35.5. The number of amides is 1. The molecule has 1 amide bonds. The summed E-state index contributed by atoms with van der Waals surface area (Å²) in [6.45, 7) is 0. The van der Waals surface area contributed by atoms with Crippen molar-refractivity contribution < 1.29 is 9.18 Å². The zero-order chi connectivity index (χ0) is 10.9. The highest BCUT2D eigenvalue weighted by Gasteiger charge is 2.45. The van der Waals surface area contributed by atoms with E-state index in [2.05, 4.69) is 5.32 Å². The van der Waals surface area contributed by atoms with Crippen molar-refractivity contribution in [2.24, 2.45) is 0 Å². The van der Waals surface area contributed by atoms with Crippen LogP contribution in [-0.4, -0.2) is 11.8 Å². The molecule has 0 atom stereocenters. The molecule has 0 unspecified atom stereocenters. The van der Waals surface area contributed by atoms with Crippen molar-refractivity contribution >= 4 is 17.5 Å². The fourth-order valence-corrected chi connectivity index (χ4v) is 1.75. The second kappa shape index (κ2) is 3.81. The lowest BCUT2D eigenvalue weighted by atomic mass is 10.1. The van der Waals surface area contributed by atoms with Crippen LogP contribution in [0.1, 0.15) is 18.4 Å². The normalized spacial score (nSPS) is 17.2. The lowest BCUT2D eigenvalue weighted by Crippen LogP contribution is -2.35. The number of halogens is 2. The van der Waals surface area contributed by atoms with Crippen LogP contribution in [0.15, 0.2) is 24.3 Å². The first-order valence-electron chi connectivity index (χ1n) is 4.79. The molecule has 15 heavy (non-hydrogen) atoms. The Morgan fingerprint density at radius 1 is 1.40 bits per heavy atom. The number of rotatable bonds is 3. The molecule has 0 bridgehead atoms. The molecule has 0 spiro atoms. The van der Waals surface area contributed by atoms with Crippen LogP contribution >= 0.6 is 11.6 Å². The molecular weight excluding hydrogens is 217 g/mol. The molecule has 1 aromatic rings. The molecule has 1 aromatic carbocycles. The molecule has 2 rings (SSSR count). The number of hydrogen-bond acceptors (Lipinski definition) is 1. The molecule has 0 aromatic heterocycles. The molecule has 2 nitrogen and oxygen atoms in total. The van der Waals surface area contributed by atoms with Crippen LogP contribution < -0.4 is 5.32 Å². The van der Waals surface area contributed by atoms with Gasteiger partial charge in [0.1, 0.15) is 11.7 Å². The van der Waals surface area contributed by atoms with E-state index < -0.39 is 0 Å². The maximum atomic E-state index is 12.7. The molecule has 0 saturated heterocycles. The van der Waals surface area contributed by atoms with Crippen molar-refractivity contribution in [3.8, 4) is 0 Å². The van der Waals surface area contributed by atoms with E-state index in [1.807, 2.05) is 0 Å². The number of carbonyl (C=O) groups excluding carboxylic acids is 1. The quantitative estimate of drug-likeness (QED) is 0.788. The van der Waals surface area contributed by atoms with Gasteiger partial charge in [0.15, 0.2) is 0 Å². The van der Waals surface area contributed by atoms with Crippen molar-refractivity contribution in [2.75, 3.05) is 5.88 Å². The predicted octanol–water partition coefficient (Wildman–Crippen LogP) is 2.17. The van der Waals surface area contributed by atoms with Gasteiger partial charge in [-0.15, -0.1) is 11.6 Å². The van der Waals surface area contributed by atoms with Crippen LogP contribution in [0.2, 0.25) is 0 Å². The van der Waals surface area contributed by atoms with Gasteiger partial charge in [0.2, 0.25) is 5.91 Å². The largest absolute Gasteiger partial charge is 0.346 e. The summed E-state index contributed by atoms with van der Waals surface area (Å²) in [6, 6.07) is 6.22. The van der Waals surface area contributed by atoms with Crippen LogP contribution in [0.4, 0.5) is 4.39 Å². The van der Waals surface area contributed by atoms with Crippen molar-refractivity contribution in [3.63, 3.8) is 0 Å². The van der Waals surface area contributed by atoms with Crippen LogP contribution in [0.3, 0.4) is 0 Å². The molecule has 1 aliphatic rings. The third kappa shape index (κ3) is 2.12. The zero-order valence-electron chi connectivity index (χ0n) is 8.09. The van der Waals surface area contributed by atoms with Gasteiger partial charge in [0, 0.05) is 0 Å². The standard InChI is InChI=1S/C11H11ClFNO/c12-7-10(15)14-11(5-6-11)8-1-3-9(13)4-2-8/h1-4H,5-7H2,(H,14,15). The van der Waals surface area contributed by atoms with E-state index >= 15 is 0 Å². The van der Waals surface area contributed by atoms with Crippen LogP contribution in [0, 0.1) is 5.82 Å². The Hall–Kier alpha value is -1.09. The Kier molecular flexibility index (Phi) is 2.65. The van der Waals surface area contributed by atoms with Crippen LogP contribution in [-0.2, 0) is 10.3 Å². The number of hydrogen-bond donors (Lipinski definition) is 1. The van der Waals surface area contributed by atoms with Gasteiger partial charge >= 0.3 is 0 Å². The maximum Gasteiger partial charge on any atom is 0.235 e. The highest BCUT2D eigenvalue weighted by molar-refractivity contribution is 6.27. The Balaban J connectivity index is 2.16. The summed E-state index contributed by atoms with van der Waals surface area (Å²) in [6.07, 6.45) is 1.78.